The van der Waals surface area contributed by atoms with Crippen molar-refractivity contribution in [3.05, 3.63) is 59.9 Å². The molecule has 0 saturated carbocycles. The molecule has 0 unspecified atom stereocenters. The Kier molecular flexibility index (Phi) is 2.96. The molecule has 1 aromatic carbocycles. The van der Waals surface area contributed by atoms with Gasteiger partial charge in [-0.25, -0.2) is 0 Å². The van der Waals surface area contributed by atoms with Gasteiger partial charge in [-0.3, -0.25) is 9.78 Å². The van der Waals surface area contributed by atoms with E-state index in [1.807, 2.05) is 25.1 Å². The molecule has 0 spiro atoms. The lowest BCUT2D eigenvalue weighted by Crippen LogP contribution is -2.11. The molecule has 1 N–H and O–H groups in total. The van der Waals surface area contributed by atoms with Crippen molar-refractivity contribution in [2.75, 3.05) is 5.32 Å². The molecular formula is C13H11N2O. The summed E-state index contributed by atoms with van der Waals surface area (Å²) in [6.07, 6.45) is 1.64. The van der Waals surface area contributed by atoms with Gasteiger partial charge in [0.15, 0.2) is 0 Å². The van der Waals surface area contributed by atoms with Crippen molar-refractivity contribution in [1.82, 2.24) is 4.98 Å². The number of amides is 1. The van der Waals surface area contributed by atoms with E-state index in [4.69, 9.17) is 0 Å². The van der Waals surface area contributed by atoms with E-state index >= 15 is 0 Å². The van der Waals surface area contributed by atoms with E-state index in [9.17, 15) is 4.79 Å². The summed E-state index contributed by atoms with van der Waals surface area (Å²) in [5.74, 6) is -0.175. The van der Waals surface area contributed by atoms with Crippen LogP contribution in [0.5, 0.6) is 0 Å². The Hall–Kier alpha value is -2.16. The molecule has 1 radical (unpaired) electrons. The molecule has 1 amide bonds. The highest BCUT2D eigenvalue weighted by Crippen LogP contribution is 2.08. The number of carbonyl (C=O) groups is 1. The molecule has 0 atom stereocenters. The van der Waals surface area contributed by atoms with Gasteiger partial charge in [0.05, 0.1) is 11.9 Å². The van der Waals surface area contributed by atoms with Gasteiger partial charge in [0, 0.05) is 11.3 Å². The zero-order chi connectivity index (χ0) is 11.4. The molecule has 0 aliphatic carbocycles. The first-order valence-corrected chi connectivity index (χ1v) is 4.96. The predicted molar refractivity (Wildman–Crippen MR) is 62.2 cm³/mol. The number of anilines is 1. The first-order chi connectivity index (χ1) is 7.75. The quantitative estimate of drug-likeness (QED) is 0.829. The topological polar surface area (TPSA) is 42.0 Å². The van der Waals surface area contributed by atoms with E-state index in [1.54, 1.807) is 24.4 Å². The van der Waals surface area contributed by atoms with Crippen molar-refractivity contribution in [2.45, 2.75) is 6.92 Å². The molecule has 0 bridgehead atoms. The van der Waals surface area contributed by atoms with Gasteiger partial charge in [-0.2, -0.15) is 0 Å². The van der Waals surface area contributed by atoms with Crippen LogP contribution < -0.4 is 5.32 Å². The Morgan fingerprint density at radius 2 is 2.19 bits per heavy atom. The summed E-state index contributed by atoms with van der Waals surface area (Å²) < 4.78 is 0. The number of pyridine rings is 1. The molecule has 3 nitrogen and oxygen atoms in total. The number of rotatable bonds is 2. The van der Waals surface area contributed by atoms with Gasteiger partial charge in [-0.05, 0) is 31.2 Å². The molecule has 0 aliphatic rings. The summed E-state index contributed by atoms with van der Waals surface area (Å²) in [7, 11) is 0. The third-order valence-electron chi connectivity index (χ3n) is 2.12. The number of carbonyl (C=O) groups excluding carboxylic acids is 1. The molecular weight excluding hydrogens is 200 g/mol. The molecule has 1 aromatic heterocycles. The van der Waals surface area contributed by atoms with Crippen LogP contribution in [0.2, 0.25) is 0 Å². The van der Waals surface area contributed by atoms with Crippen molar-refractivity contribution in [1.29, 1.82) is 0 Å². The predicted octanol–water partition coefficient (Wildman–Crippen LogP) is 2.44. The van der Waals surface area contributed by atoms with Crippen LogP contribution in [0.25, 0.3) is 0 Å². The maximum atomic E-state index is 11.7. The fourth-order valence-electron chi connectivity index (χ4n) is 1.27. The van der Waals surface area contributed by atoms with Crippen molar-refractivity contribution >= 4 is 11.6 Å². The van der Waals surface area contributed by atoms with Crippen molar-refractivity contribution in [3.63, 3.8) is 0 Å². The molecule has 0 fully saturated rings. The van der Waals surface area contributed by atoms with Gasteiger partial charge in [-0.1, -0.05) is 18.2 Å². The van der Waals surface area contributed by atoms with E-state index in [0.717, 1.165) is 5.69 Å². The molecule has 16 heavy (non-hydrogen) atoms. The lowest BCUT2D eigenvalue weighted by Gasteiger charge is -2.04. The summed E-state index contributed by atoms with van der Waals surface area (Å²) >= 11 is 0. The van der Waals surface area contributed by atoms with Gasteiger partial charge in [0.1, 0.15) is 0 Å². The van der Waals surface area contributed by atoms with Crippen LogP contribution in [-0.2, 0) is 0 Å². The van der Waals surface area contributed by atoms with Gasteiger partial charge < -0.3 is 5.32 Å². The number of hydrogen-bond acceptors (Lipinski definition) is 2. The number of nitrogens with zero attached hydrogens (tertiary/aromatic N) is 1. The van der Waals surface area contributed by atoms with E-state index in [0.29, 0.717) is 11.3 Å². The molecule has 1 heterocycles. The maximum Gasteiger partial charge on any atom is 0.256 e. The van der Waals surface area contributed by atoms with Crippen LogP contribution >= 0.6 is 0 Å². The lowest BCUT2D eigenvalue weighted by molar-refractivity contribution is 0.102. The summed E-state index contributed by atoms with van der Waals surface area (Å²) in [4.78, 5) is 15.8. The highest BCUT2D eigenvalue weighted by molar-refractivity contribution is 6.03. The monoisotopic (exact) mass is 211 g/mol. The van der Waals surface area contributed by atoms with Crippen molar-refractivity contribution in [3.8, 4) is 0 Å². The molecule has 0 aliphatic heterocycles. The van der Waals surface area contributed by atoms with E-state index in [1.165, 1.54) is 0 Å². The zero-order valence-corrected chi connectivity index (χ0v) is 8.90. The lowest BCUT2D eigenvalue weighted by atomic mass is 10.2. The van der Waals surface area contributed by atoms with Gasteiger partial charge in [0.25, 0.3) is 5.91 Å². The number of aromatic nitrogens is 1. The first kappa shape index (κ1) is 10.4. The fourth-order valence-corrected chi connectivity index (χ4v) is 1.27. The summed E-state index contributed by atoms with van der Waals surface area (Å²) in [5, 5.41) is 2.75. The highest BCUT2D eigenvalue weighted by atomic mass is 16.1. The second kappa shape index (κ2) is 4.57. The van der Waals surface area contributed by atoms with Crippen LogP contribution in [-0.4, -0.2) is 10.9 Å². The summed E-state index contributed by atoms with van der Waals surface area (Å²) in [5.41, 5.74) is 2.13. The van der Waals surface area contributed by atoms with Crippen LogP contribution in [0, 0.1) is 13.0 Å². The Morgan fingerprint density at radius 1 is 1.31 bits per heavy atom. The third-order valence-corrected chi connectivity index (χ3v) is 2.12. The molecule has 2 aromatic rings. The van der Waals surface area contributed by atoms with Crippen LogP contribution in [0.15, 0.2) is 42.6 Å². The second-order valence-electron chi connectivity index (χ2n) is 3.42. The SMILES string of the molecule is Cc1ccc(NC(=O)c2[c]cccc2)cn1. The molecule has 3 heteroatoms. The normalized spacial score (nSPS) is 9.81. The average Bonchev–Trinajstić information content (AvgIpc) is 2.33. The summed E-state index contributed by atoms with van der Waals surface area (Å²) in [6.45, 7) is 1.90. The largest absolute Gasteiger partial charge is 0.321 e. The molecule has 0 saturated heterocycles. The third kappa shape index (κ3) is 2.45. The Morgan fingerprint density at radius 3 is 2.81 bits per heavy atom. The number of aryl methyl sites for hydroxylation is 1. The fraction of sp³-hybridized carbons (Fsp3) is 0.0769. The van der Waals surface area contributed by atoms with Crippen LogP contribution in [0.4, 0.5) is 5.69 Å². The highest BCUT2D eigenvalue weighted by Gasteiger charge is 2.04. The van der Waals surface area contributed by atoms with Crippen LogP contribution in [0.1, 0.15) is 16.1 Å². The number of benzene rings is 1. The molecule has 2 rings (SSSR count). The number of hydrogen-bond donors (Lipinski definition) is 1. The van der Waals surface area contributed by atoms with Crippen molar-refractivity contribution in [2.24, 2.45) is 0 Å². The Balaban J connectivity index is 2.11. The Labute approximate surface area is 94.1 Å². The minimum absolute atomic E-state index is 0.175. The molecule has 79 valence electrons. The zero-order valence-electron chi connectivity index (χ0n) is 8.90. The minimum Gasteiger partial charge on any atom is -0.321 e. The smallest absolute Gasteiger partial charge is 0.256 e. The Bertz CT molecular complexity index is 477. The first-order valence-electron chi connectivity index (χ1n) is 4.96. The van der Waals surface area contributed by atoms with E-state index < -0.39 is 0 Å². The van der Waals surface area contributed by atoms with Gasteiger partial charge in [-0.15, -0.1) is 0 Å². The average molecular weight is 211 g/mol. The second-order valence-corrected chi connectivity index (χ2v) is 3.42. The minimum atomic E-state index is -0.175. The van der Waals surface area contributed by atoms with E-state index in [-0.39, 0.29) is 5.91 Å². The maximum absolute atomic E-state index is 11.7. The van der Waals surface area contributed by atoms with Crippen LogP contribution in [0.3, 0.4) is 0 Å². The van der Waals surface area contributed by atoms with Gasteiger partial charge >= 0.3 is 0 Å². The van der Waals surface area contributed by atoms with Gasteiger partial charge in [0.2, 0.25) is 0 Å². The number of nitrogens with one attached hydrogen (secondary N) is 1. The van der Waals surface area contributed by atoms with E-state index in [2.05, 4.69) is 16.4 Å². The van der Waals surface area contributed by atoms with Crippen molar-refractivity contribution < 1.29 is 4.79 Å². The summed E-state index contributed by atoms with van der Waals surface area (Å²) in [6, 6.07) is 13.6. The standard InChI is InChI=1S/C13H11N2O/c1-10-7-8-12(9-14-10)15-13(16)11-5-3-2-4-6-11/h2-5,7-9H,1H3,(H,15,16).